The van der Waals surface area contributed by atoms with Gasteiger partial charge < -0.3 is 15.6 Å². The Morgan fingerprint density at radius 3 is 2.43 bits per heavy atom. The molecule has 0 spiro atoms. The van der Waals surface area contributed by atoms with Crippen LogP contribution in [0.2, 0.25) is 5.02 Å². The largest absolute Gasteiger partial charge is 0.347 e. The summed E-state index contributed by atoms with van der Waals surface area (Å²) in [6.07, 6.45) is 4.10. The van der Waals surface area contributed by atoms with E-state index in [4.69, 9.17) is 17.3 Å². The van der Waals surface area contributed by atoms with Crippen molar-refractivity contribution in [1.82, 2.24) is 9.88 Å². The van der Waals surface area contributed by atoms with Gasteiger partial charge in [-0.15, -0.1) is 0 Å². The van der Waals surface area contributed by atoms with Gasteiger partial charge in [-0.05, 0) is 18.9 Å². The highest BCUT2D eigenvalue weighted by atomic mass is 35.5. The van der Waals surface area contributed by atoms with Gasteiger partial charge in [0.25, 0.3) is 5.91 Å². The van der Waals surface area contributed by atoms with Gasteiger partial charge in [0.05, 0.1) is 5.02 Å². The van der Waals surface area contributed by atoms with E-state index in [0.29, 0.717) is 16.8 Å². The van der Waals surface area contributed by atoms with Crippen LogP contribution in [0.4, 0.5) is 0 Å². The normalized spacial score (nSPS) is 29.8. The second kappa shape index (κ2) is 4.50. The number of halogens is 1. The van der Waals surface area contributed by atoms with Gasteiger partial charge in [-0.25, -0.2) is 0 Å². The van der Waals surface area contributed by atoms with Gasteiger partial charge in [-0.2, -0.15) is 0 Å². The molecule has 5 heteroatoms. The van der Waals surface area contributed by atoms with Crippen LogP contribution in [0.25, 0.3) is 0 Å². The molecule has 2 saturated carbocycles. The molecule has 2 fully saturated rings. The Morgan fingerprint density at radius 2 is 1.90 bits per heavy atom. The number of aromatic nitrogens is 1. The highest BCUT2D eigenvalue weighted by Gasteiger charge is 2.60. The van der Waals surface area contributed by atoms with Crippen LogP contribution in [0.5, 0.6) is 0 Å². The van der Waals surface area contributed by atoms with Crippen molar-refractivity contribution in [2.75, 3.05) is 0 Å². The van der Waals surface area contributed by atoms with Crippen LogP contribution in [-0.4, -0.2) is 22.6 Å². The predicted octanol–water partition coefficient (Wildman–Crippen LogP) is 2.97. The minimum atomic E-state index is -0.0973. The second-order valence-electron chi connectivity index (χ2n) is 7.71. The molecule has 3 N–H and O–H groups in total. The van der Waals surface area contributed by atoms with E-state index in [0.717, 1.165) is 12.8 Å². The predicted molar refractivity (Wildman–Crippen MR) is 84.5 cm³/mol. The number of carbonyl (C=O) groups is 1. The van der Waals surface area contributed by atoms with E-state index in [9.17, 15) is 4.79 Å². The summed E-state index contributed by atoms with van der Waals surface area (Å²) >= 11 is 6.08. The van der Waals surface area contributed by atoms with E-state index >= 15 is 0 Å². The molecule has 1 amide bonds. The number of nitrogens with two attached hydrogens (primary N) is 1. The lowest BCUT2D eigenvalue weighted by Gasteiger charge is -2.62. The first kappa shape index (κ1) is 14.9. The van der Waals surface area contributed by atoms with Crippen molar-refractivity contribution < 1.29 is 4.79 Å². The second-order valence-corrected chi connectivity index (χ2v) is 8.15. The number of hydrogen-bond donors (Lipinski definition) is 2. The number of nitrogens with zero attached hydrogens (tertiary/aromatic N) is 1. The molecular weight excluding hydrogens is 286 g/mol. The van der Waals surface area contributed by atoms with Crippen LogP contribution < -0.4 is 11.1 Å². The van der Waals surface area contributed by atoms with E-state index in [2.05, 4.69) is 33.0 Å². The molecule has 4 nitrogen and oxygen atoms in total. The van der Waals surface area contributed by atoms with Gasteiger partial charge in [-0.3, -0.25) is 4.79 Å². The minimum Gasteiger partial charge on any atom is -0.347 e. The van der Waals surface area contributed by atoms with Crippen LogP contribution in [0.3, 0.4) is 0 Å². The van der Waals surface area contributed by atoms with E-state index in [-0.39, 0.29) is 28.8 Å². The van der Waals surface area contributed by atoms with Gasteiger partial charge in [0.1, 0.15) is 5.69 Å². The number of rotatable bonds is 3. The van der Waals surface area contributed by atoms with Crippen LogP contribution in [0, 0.1) is 10.8 Å². The molecule has 21 heavy (non-hydrogen) atoms. The Labute approximate surface area is 131 Å². The lowest BCUT2D eigenvalue weighted by Crippen LogP contribution is -2.76. The topological polar surface area (TPSA) is 60.0 Å². The summed E-state index contributed by atoms with van der Waals surface area (Å²) in [6.45, 7) is 8.45. The molecule has 0 radical (unpaired) electrons. The first-order chi connectivity index (χ1) is 9.65. The third kappa shape index (κ3) is 2.20. The molecule has 0 aromatic carbocycles. The third-order valence-corrected chi connectivity index (χ3v) is 5.56. The fraction of sp³-hybridized carbons (Fsp3) is 0.688. The van der Waals surface area contributed by atoms with Gasteiger partial charge in [0.2, 0.25) is 0 Å². The van der Waals surface area contributed by atoms with Crippen molar-refractivity contribution in [2.24, 2.45) is 16.6 Å². The standard InChI is InChI=1S/C16H24ClN3O/c1-15(2)13(18)16(3,4)14(15)19-12(21)11-7-9(17)8-20(11)10-5-6-10/h7-8,10,13-14H,5-6,18H2,1-4H3,(H,19,21). The Bertz CT molecular complexity index is 570. The van der Waals surface area contributed by atoms with Crippen LogP contribution in [0.1, 0.15) is 57.1 Å². The smallest absolute Gasteiger partial charge is 0.268 e. The number of carbonyl (C=O) groups excluding carboxylic acids is 1. The van der Waals surface area contributed by atoms with E-state index in [1.807, 2.05) is 10.8 Å². The lowest BCUT2D eigenvalue weighted by molar-refractivity contribution is -0.0664. The minimum absolute atomic E-state index is 0.0492. The molecular formula is C16H24ClN3O. The lowest BCUT2D eigenvalue weighted by atomic mass is 9.48. The third-order valence-electron chi connectivity index (χ3n) is 5.35. The molecule has 2 aliphatic carbocycles. The highest BCUT2D eigenvalue weighted by Crippen LogP contribution is 2.52. The zero-order valence-electron chi connectivity index (χ0n) is 13.1. The van der Waals surface area contributed by atoms with Crippen molar-refractivity contribution in [3.8, 4) is 0 Å². The molecule has 0 saturated heterocycles. The Hall–Kier alpha value is -1.00. The van der Waals surface area contributed by atoms with Gasteiger partial charge in [-0.1, -0.05) is 39.3 Å². The van der Waals surface area contributed by atoms with Crippen molar-refractivity contribution in [2.45, 2.75) is 58.7 Å². The van der Waals surface area contributed by atoms with Crippen molar-refractivity contribution in [1.29, 1.82) is 0 Å². The van der Waals surface area contributed by atoms with Crippen LogP contribution >= 0.6 is 11.6 Å². The average molecular weight is 310 g/mol. The molecule has 3 rings (SSSR count). The summed E-state index contributed by atoms with van der Waals surface area (Å²) in [6, 6.07) is 2.33. The molecule has 0 unspecified atom stereocenters. The molecule has 2 aliphatic rings. The average Bonchev–Trinajstić information content (AvgIpc) is 3.17. The van der Waals surface area contributed by atoms with Crippen molar-refractivity contribution in [3.05, 3.63) is 23.0 Å². The van der Waals surface area contributed by atoms with Gasteiger partial charge >= 0.3 is 0 Å². The maximum absolute atomic E-state index is 12.7. The number of nitrogens with one attached hydrogen (secondary N) is 1. The fourth-order valence-corrected chi connectivity index (χ4v) is 4.25. The number of hydrogen-bond acceptors (Lipinski definition) is 2. The van der Waals surface area contributed by atoms with E-state index in [1.54, 1.807) is 6.07 Å². The monoisotopic (exact) mass is 309 g/mol. The van der Waals surface area contributed by atoms with E-state index in [1.165, 1.54) is 0 Å². The summed E-state index contributed by atoms with van der Waals surface area (Å²) in [7, 11) is 0. The van der Waals surface area contributed by atoms with Crippen molar-refractivity contribution >= 4 is 17.5 Å². The number of amides is 1. The summed E-state index contributed by atoms with van der Waals surface area (Å²) < 4.78 is 2.01. The van der Waals surface area contributed by atoms with Crippen molar-refractivity contribution in [3.63, 3.8) is 0 Å². The Balaban J connectivity index is 1.81. The molecule has 1 aromatic heterocycles. The molecule has 116 valence electrons. The highest BCUT2D eigenvalue weighted by molar-refractivity contribution is 6.31. The zero-order valence-corrected chi connectivity index (χ0v) is 13.9. The maximum atomic E-state index is 12.7. The van der Waals surface area contributed by atoms with Gasteiger partial charge in [0, 0.05) is 35.2 Å². The fourth-order valence-electron chi connectivity index (χ4n) is 4.04. The summed E-state index contributed by atoms with van der Waals surface area (Å²) in [5, 5.41) is 3.80. The zero-order chi connectivity index (χ0) is 15.6. The first-order valence-electron chi connectivity index (χ1n) is 7.59. The summed E-state index contributed by atoms with van der Waals surface area (Å²) in [4.78, 5) is 12.7. The Kier molecular flexibility index (Phi) is 3.19. The molecule has 1 aromatic rings. The van der Waals surface area contributed by atoms with Crippen LogP contribution in [-0.2, 0) is 0 Å². The molecule has 0 atom stereocenters. The molecule has 1 heterocycles. The first-order valence-corrected chi connectivity index (χ1v) is 7.97. The summed E-state index contributed by atoms with van der Waals surface area (Å²) in [5.74, 6) is -0.0492. The van der Waals surface area contributed by atoms with E-state index < -0.39 is 0 Å². The maximum Gasteiger partial charge on any atom is 0.268 e. The summed E-state index contributed by atoms with van der Waals surface area (Å²) in [5.41, 5.74) is 6.72. The molecule has 0 bridgehead atoms. The Morgan fingerprint density at radius 1 is 1.33 bits per heavy atom. The quantitative estimate of drug-likeness (QED) is 0.902. The SMILES string of the molecule is CC1(C)C(N)C(C)(C)C1NC(=O)c1cc(Cl)cn1C1CC1. The molecule has 0 aliphatic heterocycles. The van der Waals surface area contributed by atoms with Gasteiger partial charge in [0.15, 0.2) is 0 Å². The van der Waals surface area contributed by atoms with Crippen LogP contribution in [0.15, 0.2) is 12.3 Å².